The summed E-state index contributed by atoms with van der Waals surface area (Å²) in [6.07, 6.45) is 5.55. The lowest BCUT2D eigenvalue weighted by Gasteiger charge is -2.48. The minimum absolute atomic E-state index is 0.00692. The number of hydrogen-bond acceptors (Lipinski definition) is 8. The maximum Gasteiger partial charge on any atom is 0.123 e. The lowest BCUT2D eigenvalue weighted by molar-refractivity contribution is -0.0766. The molecule has 0 spiro atoms. The first-order valence-electron chi connectivity index (χ1n) is 20.8. The molecule has 56 heavy (non-hydrogen) atoms. The van der Waals surface area contributed by atoms with Crippen LogP contribution in [0.15, 0.2) is 72.8 Å². The maximum absolute atomic E-state index is 12.6. The quantitative estimate of drug-likeness (QED) is 0.0539. The van der Waals surface area contributed by atoms with Gasteiger partial charge in [0.2, 0.25) is 0 Å². The number of aromatic hydroxyl groups is 4. The lowest BCUT2D eigenvalue weighted by atomic mass is 9.60. The van der Waals surface area contributed by atoms with Crippen LogP contribution in [0.4, 0.5) is 11.4 Å². The van der Waals surface area contributed by atoms with Gasteiger partial charge in [0.1, 0.15) is 23.0 Å². The van der Waals surface area contributed by atoms with Crippen molar-refractivity contribution in [2.75, 3.05) is 36.0 Å². The molecule has 6 aromatic rings. The fraction of sp³-hybridized carbons (Fsp3) is 0.417. The maximum atomic E-state index is 12.6. The van der Waals surface area contributed by atoms with E-state index in [1.165, 1.54) is 0 Å². The molecule has 1 fully saturated rings. The average molecular weight is 759 g/mol. The van der Waals surface area contributed by atoms with E-state index in [1.807, 2.05) is 48.5 Å². The molecule has 1 aliphatic rings. The van der Waals surface area contributed by atoms with Gasteiger partial charge in [-0.25, -0.2) is 0 Å². The van der Waals surface area contributed by atoms with E-state index >= 15 is 0 Å². The van der Waals surface area contributed by atoms with Crippen molar-refractivity contribution >= 4 is 54.5 Å². The van der Waals surface area contributed by atoms with Crippen LogP contribution in [0.1, 0.15) is 102 Å². The third-order valence-electron chi connectivity index (χ3n) is 12.2. The monoisotopic (exact) mass is 758 g/mol. The Labute approximate surface area is 330 Å². The highest BCUT2D eigenvalue weighted by atomic mass is 16.3. The SMILES string of the molecule is CCCCN(CCCC)c1c2cccc(O)c2c(C2C(O)C(c3c4c(O)cccc4c(N(CCCC)CCCC)c4cccc(O)c34)C2O)c2c(O)cccc12. The van der Waals surface area contributed by atoms with Crippen LogP contribution in [-0.2, 0) is 0 Å². The van der Waals surface area contributed by atoms with Gasteiger partial charge in [-0.15, -0.1) is 0 Å². The van der Waals surface area contributed by atoms with Crippen molar-refractivity contribution in [3.05, 3.63) is 83.9 Å². The first-order chi connectivity index (χ1) is 27.2. The van der Waals surface area contributed by atoms with Crippen molar-refractivity contribution < 1.29 is 30.6 Å². The van der Waals surface area contributed by atoms with Crippen molar-refractivity contribution in [2.24, 2.45) is 0 Å². The molecule has 8 nitrogen and oxygen atoms in total. The molecule has 0 saturated heterocycles. The van der Waals surface area contributed by atoms with E-state index in [1.54, 1.807) is 24.3 Å². The highest BCUT2D eigenvalue weighted by Gasteiger charge is 2.53. The van der Waals surface area contributed by atoms with Crippen LogP contribution in [0.5, 0.6) is 23.0 Å². The second-order valence-electron chi connectivity index (χ2n) is 15.7. The van der Waals surface area contributed by atoms with Crippen molar-refractivity contribution in [3.63, 3.8) is 0 Å². The number of hydrogen-bond donors (Lipinski definition) is 6. The zero-order valence-corrected chi connectivity index (χ0v) is 33.3. The Morgan fingerprint density at radius 2 is 0.661 bits per heavy atom. The molecular weight excluding hydrogens is 701 g/mol. The van der Waals surface area contributed by atoms with Crippen molar-refractivity contribution in [1.82, 2.24) is 0 Å². The summed E-state index contributed by atoms with van der Waals surface area (Å²) in [6, 6.07) is 21.7. The highest BCUT2D eigenvalue weighted by molar-refractivity contribution is 6.19. The van der Waals surface area contributed by atoms with Gasteiger partial charge in [-0.05, 0) is 61.1 Å². The second kappa shape index (κ2) is 16.7. The number of rotatable bonds is 16. The van der Waals surface area contributed by atoms with Crippen molar-refractivity contribution in [2.45, 2.75) is 103 Å². The zero-order valence-electron chi connectivity index (χ0n) is 33.3. The topological polar surface area (TPSA) is 128 Å². The highest BCUT2D eigenvalue weighted by Crippen LogP contribution is 2.59. The standard InChI is InChI=1S/C48H58N2O6/c1-5-9-25-49(26-10-6-2)45-29-17-13-21-33(51)37(29)41(38-30(45)18-14-22-34(38)52)43-47(55)44(48(43)56)42-39-31(19-15-23-35(39)53)46(32-20-16-24-36(54)40(32)42)50(27-11-7-3)28-12-8-4/h13-24,43-44,47-48,51-56H,5-12,25-28H2,1-4H3. The number of benzene rings is 6. The molecule has 0 amide bonds. The molecule has 1 saturated carbocycles. The van der Waals surface area contributed by atoms with Gasteiger partial charge < -0.3 is 40.4 Å². The molecule has 7 rings (SSSR count). The molecule has 0 aromatic heterocycles. The zero-order chi connectivity index (χ0) is 39.7. The van der Waals surface area contributed by atoms with E-state index in [2.05, 4.69) is 37.5 Å². The molecule has 0 atom stereocenters. The molecule has 0 radical (unpaired) electrons. The lowest BCUT2D eigenvalue weighted by Crippen LogP contribution is -2.52. The average Bonchev–Trinajstić information content (AvgIpc) is 3.19. The Kier molecular flexibility index (Phi) is 11.7. The molecule has 6 aromatic carbocycles. The van der Waals surface area contributed by atoms with Gasteiger partial charge >= 0.3 is 0 Å². The number of phenols is 4. The molecule has 0 aliphatic heterocycles. The number of phenolic OH excluding ortho intramolecular Hbond substituents is 4. The Morgan fingerprint density at radius 1 is 0.411 bits per heavy atom. The van der Waals surface area contributed by atoms with Gasteiger partial charge in [0.25, 0.3) is 0 Å². The molecule has 6 N–H and O–H groups in total. The minimum Gasteiger partial charge on any atom is -0.507 e. The van der Waals surface area contributed by atoms with E-state index in [0.717, 1.165) is 110 Å². The van der Waals surface area contributed by atoms with E-state index < -0.39 is 24.0 Å². The Hall–Kier alpha value is -4.92. The minimum atomic E-state index is -1.20. The van der Waals surface area contributed by atoms with Gasteiger partial charge in [-0.1, -0.05) is 102 Å². The summed E-state index contributed by atoms with van der Waals surface area (Å²) in [4.78, 5) is 4.71. The van der Waals surface area contributed by atoms with Crippen LogP contribution in [0.3, 0.4) is 0 Å². The fourth-order valence-electron chi connectivity index (χ4n) is 9.43. The summed E-state index contributed by atoms with van der Waals surface area (Å²) in [5, 5.41) is 77.1. The predicted octanol–water partition coefficient (Wildman–Crippen LogP) is 10.5. The van der Waals surface area contributed by atoms with Crippen molar-refractivity contribution in [1.29, 1.82) is 0 Å². The van der Waals surface area contributed by atoms with Crippen LogP contribution in [0, 0.1) is 0 Å². The third-order valence-corrected chi connectivity index (χ3v) is 12.2. The number of aliphatic hydroxyl groups excluding tert-OH is 2. The fourth-order valence-corrected chi connectivity index (χ4v) is 9.43. The molecule has 0 heterocycles. The largest absolute Gasteiger partial charge is 0.507 e. The Balaban J connectivity index is 1.47. The predicted molar refractivity (Wildman–Crippen MR) is 231 cm³/mol. The van der Waals surface area contributed by atoms with Crippen LogP contribution in [0.25, 0.3) is 43.1 Å². The molecular formula is C48H58N2O6. The molecule has 1 aliphatic carbocycles. The number of anilines is 2. The van der Waals surface area contributed by atoms with Gasteiger partial charge in [-0.3, -0.25) is 0 Å². The molecule has 296 valence electrons. The van der Waals surface area contributed by atoms with E-state index in [-0.39, 0.29) is 23.0 Å². The van der Waals surface area contributed by atoms with Gasteiger partial charge in [0.05, 0.1) is 23.6 Å². The summed E-state index contributed by atoms with van der Waals surface area (Å²) < 4.78 is 0. The first kappa shape index (κ1) is 39.3. The normalized spacial score (nSPS) is 18.2. The number of aliphatic hydroxyl groups is 2. The summed E-state index contributed by atoms with van der Waals surface area (Å²) in [6.45, 7) is 11.9. The number of unbranched alkanes of at least 4 members (excludes halogenated alkanes) is 4. The van der Waals surface area contributed by atoms with E-state index in [9.17, 15) is 30.6 Å². The third kappa shape index (κ3) is 6.60. The number of nitrogens with zero attached hydrogens (tertiary/aromatic N) is 2. The van der Waals surface area contributed by atoms with Gasteiger partial charge in [0.15, 0.2) is 0 Å². The molecule has 0 unspecified atom stereocenters. The van der Waals surface area contributed by atoms with Crippen LogP contribution >= 0.6 is 0 Å². The summed E-state index contributed by atoms with van der Waals surface area (Å²) in [7, 11) is 0. The van der Waals surface area contributed by atoms with Gasteiger partial charge in [-0.2, -0.15) is 0 Å². The van der Waals surface area contributed by atoms with Crippen LogP contribution < -0.4 is 9.80 Å². The smallest absolute Gasteiger partial charge is 0.123 e. The van der Waals surface area contributed by atoms with Crippen LogP contribution in [-0.4, -0.2) is 69.0 Å². The second-order valence-corrected chi connectivity index (χ2v) is 15.7. The van der Waals surface area contributed by atoms with E-state index in [4.69, 9.17) is 0 Å². The first-order valence-corrected chi connectivity index (χ1v) is 20.8. The van der Waals surface area contributed by atoms with Crippen LogP contribution in [0.2, 0.25) is 0 Å². The summed E-state index contributed by atoms with van der Waals surface area (Å²) >= 11 is 0. The molecule has 8 heteroatoms. The van der Waals surface area contributed by atoms with Crippen molar-refractivity contribution in [3.8, 4) is 23.0 Å². The number of fused-ring (bicyclic) bond motifs is 4. The van der Waals surface area contributed by atoms with E-state index in [0.29, 0.717) is 32.7 Å². The molecule has 0 bridgehead atoms. The summed E-state index contributed by atoms with van der Waals surface area (Å²) in [5.74, 6) is -1.79. The van der Waals surface area contributed by atoms with Gasteiger partial charge in [0, 0.05) is 81.1 Å². The Bertz CT molecular complexity index is 2040. The Morgan fingerprint density at radius 3 is 0.893 bits per heavy atom. The summed E-state index contributed by atoms with van der Waals surface area (Å²) in [5.41, 5.74) is 2.82.